The van der Waals surface area contributed by atoms with Crippen LogP contribution < -0.4 is 4.74 Å². The van der Waals surface area contributed by atoms with Gasteiger partial charge in [0.05, 0.1) is 12.0 Å². The highest BCUT2D eigenvalue weighted by atomic mass is 35.5. The molecule has 1 amide bonds. The number of rotatable bonds is 5. The summed E-state index contributed by atoms with van der Waals surface area (Å²) >= 11 is 7.37. The summed E-state index contributed by atoms with van der Waals surface area (Å²) in [5, 5.41) is 0.829. The highest BCUT2D eigenvalue weighted by Crippen LogP contribution is 2.35. The second-order valence-electron chi connectivity index (χ2n) is 5.30. The van der Waals surface area contributed by atoms with Crippen molar-refractivity contribution < 1.29 is 9.53 Å². The Balaban J connectivity index is 1.97. The summed E-state index contributed by atoms with van der Waals surface area (Å²) in [6.07, 6.45) is 5.07. The standard InChI is InChI=1S/C19H16ClN3O2S/c1-3-10-23-18(24)16(12-13-6-4-7-14(11-13)25-2)26-19(23)22-15-8-5-9-21-17(15)20/h3-9,11-12H,1,10H2,2H3/b16-12-,22-19?. The lowest BCUT2D eigenvalue weighted by Gasteiger charge is -2.12. The first-order valence-corrected chi connectivity index (χ1v) is 8.97. The van der Waals surface area contributed by atoms with E-state index in [1.807, 2.05) is 30.3 Å². The number of ether oxygens (including phenoxy) is 1. The van der Waals surface area contributed by atoms with Crippen LogP contribution in [0.5, 0.6) is 5.75 Å². The molecule has 1 aliphatic rings. The summed E-state index contributed by atoms with van der Waals surface area (Å²) in [7, 11) is 1.61. The van der Waals surface area contributed by atoms with Crippen LogP contribution in [-0.2, 0) is 4.79 Å². The Kier molecular flexibility index (Phi) is 5.75. The average Bonchev–Trinajstić information content (AvgIpc) is 2.93. The third-order valence-corrected chi connectivity index (χ3v) is 4.84. The van der Waals surface area contributed by atoms with Gasteiger partial charge in [0.15, 0.2) is 10.3 Å². The number of amidine groups is 1. The van der Waals surface area contributed by atoms with Crippen molar-refractivity contribution in [3.63, 3.8) is 0 Å². The van der Waals surface area contributed by atoms with Crippen LogP contribution >= 0.6 is 23.4 Å². The third kappa shape index (κ3) is 3.98. The smallest absolute Gasteiger partial charge is 0.267 e. The molecule has 0 atom stereocenters. The van der Waals surface area contributed by atoms with Gasteiger partial charge in [0, 0.05) is 12.7 Å². The van der Waals surface area contributed by atoms with Gasteiger partial charge in [0.25, 0.3) is 5.91 Å². The Morgan fingerprint density at radius 2 is 2.23 bits per heavy atom. The van der Waals surface area contributed by atoms with Crippen LogP contribution in [0.1, 0.15) is 5.56 Å². The summed E-state index contributed by atoms with van der Waals surface area (Å²) in [5.41, 5.74) is 1.39. The number of methoxy groups -OCH3 is 1. The van der Waals surface area contributed by atoms with E-state index in [1.165, 1.54) is 11.8 Å². The maximum atomic E-state index is 12.8. The Bertz CT molecular complexity index is 911. The first-order chi connectivity index (χ1) is 12.6. The first-order valence-electron chi connectivity index (χ1n) is 7.78. The number of hydrogen-bond acceptors (Lipinski definition) is 5. The van der Waals surface area contributed by atoms with E-state index in [9.17, 15) is 4.79 Å². The van der Waals surface area contributed by atoms with Gasteiger partial charge >= 0.3 is 0 Å². The highest BCUT2D eigenvalue weighted by molar-refractivity contribution is 8.18. The van der Waals surface area contributed by atoms with Crippen molar-refractivity contribution in [2.75, 3.05) is 13.7 Å². The SMILES string of the molecule is C=CCN1C(=O)/C(=C/c2cccc(OC)c2)SC1=Nc1cccnc1Cl. The Morgan fingerprint density at radius 1 is 1.38 bits per heavy atom. The van der Waals surface area contributed by atoms with Crippen LogP contribution in [0.4, 0.5) is 5.69 Å². The van der Waals surface area contributed by atoms with Gasteiger partial charge in [-0.25, -0.2) is 9.98 Å². The van der Waals surface area contributed by atoms with Crippen molar-refractivity contribution in [3.05, 3.63) is 70.9 Å². The lowest BCUT2D eigenvalue weighted by molar-refractivity contribution is -0.121. The number of nitrogens with zero attached hydrogens (tertiary/aromatic N) is 3. The zero-order chi connectivity index (χ0) is 18.5. The molecule has 0 N–H and O–H groups in total. The monoisotopic (exact) mass is 385 g/mol. The van der Waals surface area contributed by atoms with Crippen LogP contribution in [0.2, 0.25) is 5.15 Å². The molecule has 1 fully saturated rings. The number of carbonyl (C=O) groups excluding carboxylic acids is 1. The topological polar surface area (TPSA) is 54.8 Å². The van der Waals surface area contributed by atoms with Crippen molar-refractivity contribution >= 4 is 46.2 Å². The number of carbonyl (C=O) groups is 1. The molecule has 1 saturated heterocycles. The number of aromatic nitrogens is 1. The van der Waals surface area contributed by atoms with E-state index in [0.29, 0.717) is 22.3 Å². The molecule has 7 heteroatoms. The molecule has 3 rings (SSSR count). The minimum absolute atomic E-state index is 0.128. The van der Waals surface area contributed by atoms with Crippen LogP contribution in [0.3, 0.4) is 0 Å². The molecule has 2 aromatic rings. The second-order valence-corrected chi connectivity index (χ2v) is 6.67. The molecule has 5 nitrogen and oxygen atoms in total. The van der Waals surface area contributed by atoms with Crippen LogP contribution in [-0.4, -0.2) is 34.6 Å². The second kappa shape index (κ2) is 8.21. The molecule has 0 saturated carbocycles. The lowest BCUT2D eigenvalue weighted by atomic mass is 10.2. The number of thioether (sulfide) groups is 1. The van der Waals surface area contributed by atoms with Crippen molar-refractivity contribution in [2.24, 2.45) is 4.99 Å². The molecule has 1 aromatic carbocycles. The highest BCUT2D eigenvalue weighted by Gasteiger charge is 2.32. The van der Waals surface area contributed by atoms with Crippen LogP contribution in [0.15, 0.2) is 65.1 Å². The van der Waals surface area contributed by atoms with Gasteiger partial charge in [0.2, 0.25) is 0 Å². The minimum Gasteiger partial charge on any atom is -0.497 e. The Hall–Kier alpha value is -2.57. The largest absolute Gasteiger partial charge is 0.497 e. The van der Waals surface area contributed by atoms with Crippen molar-refractivity contribution in [1.29, 1.82) is 0 Å². The van der Waals surface area contributed by atoms with Gasteiger partial charge < -0.3 is 4.74 Å². The molecule has 0 bridgehead atoms. The van der Waals surface area contributed by atoms with Gasteiger partial charge in [-0.05, 0) is 47.7 Å². The van der Waals surface area contributed by atoms with E-state index in [4.69, 9.17) is 16.3 Å². The number of hydrogen-bond donors (Lipinski definition) is 0. The first kappa shape index (κ1) is 18.2. The number of amides is 1. The third-order valence-electron chi connectivity index (χ3n) is 3.55. The van der Waals surface area contributed by atoms with Crippen molar-refractivity contribution in [3.8, 4) is 5.75 Å². The molecule has 2 heterocycles. The molecule has 1 aliphatic heterocycles. The van der Waals surface area contributed by atoms with Gasteiger partial charge in [-0.1, -0.05) is 29.8 Å². The quantitative estimate of drug-likeness (QED) is 0.431. The molecule has 132 valence electrons. The normalized spacial score (nSPS) is 17.2. The zero-order valence-corrected chi connectivity index (χ0v) is 15.6. The van der Waals surface area contributed by atoms with Gasteiger partial charge in [0.1, 0.15) is 11.4 Å². The summed E-state index contributed by atoms with van der Waals surface area (Å²) in [4.78, 5) is 23.4. The van der Waals surface area contributed by atoms with Crippen LogP contribution in [0.25, 0.3) is 6.08 Å². The number of aliphatic imine (C=N–C) groups is 1. The molecule has 0 unspecified atom stereocenters. The average molecular weight is 386 g/mol. The molecule has 0 aliphatic carbocycles. The maximum absolute atomic E-state index is 12.8. The fourth-order valence-corrected chi connectivity index (χ4v) is 3.49. The fraction of sp³-hybridized carbons (Fsp3) is 0.105. The summed E-state index contributed by atoms with van der Waals surface area (Å²) in [5.74, 6) is 0.602. The molecule has 0 spiro atoms. The molecule has 0 radical (unpaired) electrons. The van der Waals surface area contributed by atoms with E-state index >= 15 is 0 Å². The molecule has 1 aromatic heterocycles. The van der Waals surface area contributed by atoms with E-state index in [0.717, 1.165) is 11.3 Å². The minimum atomic E-state index is -0.128. The number of halogens is 1. The van der Waals surface area contributed by atoms with Gasteiger partial charge in [-0.3, -0.25) is 9.69 Å². The van der Waals surface area contributed by atoms with Crippen LogP contribution in [0, 0.1) is 0 Å². The van der Waals surface area contributed by atoms with E-state index in [2.05, 4.69) is 16.6 Å². The fourth-order valence-electron chi connectivity index (χ4n) is 2.33. The summed E-state index contributed by atoms with van der Waals surface area (Å²) in [6.45, 7) is 4.08. The van der Waals surface area contributed by atoms with E-state index in [1.54, 1.807) is 36.4 Å². The maximum Gasteiger partial charge on any atom is 0.267 e. The van der Waals surface area contributed by atoms with Crippen molar-refractivity contribution in [2.45, 2.75) is 0 Å². The predicted octanol–water partition coefficient (Wildman–Crippen LogP) is 4.53. The number of benzene rings is 1. The summed E-state index contributed by atoms with van der Waals surface area (Å²) in [6, 6.07) is 11.0. The van der Waals surface area contributed by atoms with E-state index in [-0.39, 0.29) is 11.1 Å². The van der Waals surface area contributed by atoms with Gasteiger partial charge in [-0.2, -0.15) is 0 Å². The molecule has 26 heavy (non-hydrogen) atoms. The Morgan fingerprint density at radius 3 is 2.96 bits per heavy atom. The van der Waals surface area contributed by atoms with E-state index < -0.39 is 0 Å². The lowest BCUT2D eigenvalue weighted by Crippen LogP contribution is -2.29. The van der Waals surface area contributed by atoms with Crippen molar-refractivity contribution in [1.82, 2.24) is 9.88 Å². The number of pyridine rings is 1. The molecular formula is C19H16ClN3O2S. The predicted molar refractivity (Wildman–Crippen MR) is 107 cm³/mol. The molecular weight excluding hydrogens is 370 g/mol. The summed E-state index contributed by atoms with van der Waals surface area (Å²) < 4.78 is 5.23. The zero-order valence-electron chi connectivity index (χ0n) is 14.1. The Labute approximate surface area is 161 Å². The van der Waals surface area contributed by atoms with Gasteiger partial charge in [-0.15, -0.1) is 6.58 Å².